The molecule has 0 aliphatic carbocycles. The van der Waals surface area contributed by atoms with E-state index in [0.717, 1.165) is 0 Å². The van der Waals surface area contributed by atoms with Gasteiger partial charge in [0.2, 0.25) is 0 Å². The minimum atomic E-state index is -0.877. The van der Waals surface area contributed by atoms with Gasteiger partial charge in [-0.1, -0.05) is 6.92 Å². The first-order valence-corrected chi connectivity index (χ1v) is 5.14. The van der Waals surface area contributed by atoms with Gasteiger partial charge in [-0.3, -0.25) is 4.79 Å². The highest BCUT2D eigenvalue weighted by atomic mass is 32.1. The molecular formula is C9H20O5S. The molecule has 0 bridgehead atoms. The zero-order valence-corrected chi connectivity index (χ0v) is 9.94. The highest BCUT2D eigenvalue weighted by Crippen LogP contribution is 2.18. The Hall–Kier alpha value is -0.300. The van der Waals surface area contributed by atoms with E-state index in [9.17, 15) is 4.79 Å². The molecule has 0 aliphatic rings. The molecule has 0 fully saturated rings. The number of hydrogen-bond acceptors (Lipinski definition) is 5. The van der Waals surface area contributed by atoms with E-state index in [4.69, 9.17) is 20.4 Å². The number of aliphatic hydroxyl groups is 3. The zero-order valence-electron chi connectivity index (χ0n) is 9.05. The Kier molecular flexibility index (Phi) is 10.2. The highest BCUT2D eigenvalue weighted by Gasteiger charge is 2.24. The lowest BCUT2D eigenvalue weighted by atomic mass is 9.88. The quantitative estimate of drug-likeness (QED) is 0.427. The van der Waals surface area contributed by atoms with E-state index in [1.54, 1.807) is 0 Å². The van der Waals surface area contributed by atoms with Gasteiger partial charge in [0.25, 0.3) is 0 Å². The Labute approximate surface area is 95.2 Å². The number of carboxylic acid groups (broad SMARTS) is 1. The third-order valence-corrected chi connectivity index (χ3v) is 2.33. The lowest BCUT2D eigenvalue weighted by Gasteiger charge is -2.24. The van der Waals surface area contributed by atoms with E-state index in [0.29, 0.717) is 6.42 Å². The van der Waals surface area contributed by atoms with Crippen LogP contribution in [0, 0.1) is 5.41 Å². The van der Waals surface area contributed by atoms with Crippen molar-refractivity contribution in [2.75, 3.05) is 19.8 Å². The van der Waals surface area contributed by atoms with Crippen LogP contribution in [0.25, 0.3) is 0 Å². The molecule has 4 N–H and O–H groups in total. The van der Waals surface area contributed by atoms with Gasteiger partial charge in [0.1, 0.15) is 0 Å². The molecule has 0 spiro atoms. The summed E-state index contributed by atoms with van der Waals surface area (Å²) in [5.41, 5.74) is -0.667. The fourth-order valence-corrected chi connectivity index (χ4v) is 0.485. The Bertz CT molecular complexity index is 150. The summed E-state index contributed by atoms with van der Waals surface area (Å²) in [5, 5.41) is 33.3. The van der Waals surface area contributed by atoms with E-state index in [-0.39, 0.29) is 19.8 Å². The molecule has 15 heavy (non-hydrogen) atoms. The maximum atomic E-state index is 9.62. The van der Waals surface area contributed by atoms with Gasteiger partial charge in [-0.25, -0.2) is 0 Å². The van der Waals surface area contributed by atoms with Crippen LogP contribution in [-0.4, -0.2) is 51.5 Å². The molecule has 5 nitrogen and oxygen atoms in total. The standard InChI is InChI=1S/C6H14O3.C3H6O2S/c1-2-6(3-7,4-8)5-9;1-2(6)3(4)5/h7-9H,2-5H2,1H3;2,6H,1H3,(H,4,5). The zero-order chi connectivity index (χ0) is 12.5. The van der Waals surface area contributed by atoms with E-state index in [1.807, 2.05) is 6.92 Å². The second-order valence-corrected chi connectivity index (χ2v) is 4.12. The number of hydrogen-bond donors (Lipinski definition) is 5. The van der Waals surface area contributed by atoms with E-state index >= 15 is 0 Å². The van der Waals surface area contributed by atoms with Crippen molar-refractivity contribution in [2.24, 2.45) is 5.41 Å². The van der Waals surface area contributed by atoms with Crippen molar-refractivity contribution in [1.82, 2.24) is 0 Å². The predicted molar refractivity (Wildman–Crippen MR) is 60.1 cm³/mol. The molecule has 0 aliphatic heterocycles. The molecule has 0 heterocycles. The molecule has 0 radical (unpaired) electrons. The molecule has 0 rings (SSSR count). The summed E-state index contributed by atoms with van der Waals surface area (Å²) < 4.78 is 0. The van der Waals surface area contributed by atoms with E-state index < -0.39 is 16.6 Å². The molecule has 0 aromatic carbocycles. The van der Waals surface area contributed by atoms with Crippen LogP contribution in [0.3, 0.4) is 0 Å². The van der Waals surface area contributed by atoms with Crippen LogP contribution in [0.4, 0.5) is 0 Å². The maximum absolute atomic E-state index is 9.62. The van der Waals surface area contributed by atoms with E-state index in [1.165, 1.54) is 6.92 Å². The van der Waals surface area contributed by atoms with Gasteiger partial charge in [-0.05, 0) is 13.3 Å². The molecule has 1 unspecified atom stereocenters. The Morgan fingerprint density at radius 3 is 1.53 bits per heavy atom. The van der Waals surface area contributed by atoms with Crippen LogP contribution in [-0.2, 0) is 4.79 Å². The third kappa shape index (κ3) is 7.61. The van der Waals surface area contributed by atoms with Crippen LogP contribution >= 0.6 is 12.6 Å². The number of thiol groups is 1. The van der Waals surface area contributed by atoms with Gasteiger partial charge < -0.3 is 20.4 Å². The Morgan fingerprint density at radius 1 is 1.27 bits per heavy atom. The van der Waals surface area contributed by atoms with Gasteiger partial charge in [-0.15, -0.1) is 0 Å². The van der Waals surface area contributed by atoms with Crippen LogP contribution in [0.15, 0.2) is 0 Å². The van der Waals surface area contributed by atoms with Crippen molar-refractivity contribution >= 4 is 18.6 Å². The first-order chi connectivity index (χ1) is 6.89. The van der Waals surface area contributed by atoms with Gasteiger partial charge in [0, 0.05) is 5.41 Å². The first-order valence-electron chi connectivity index (χ1n) is 4.62. The number of carbonyl (C=O) groups is 1. The summed E-state index contributed by atoms with van der Waals surface area (Å²) in [5.74, 6) is -0.877. The molecular weight excluding hydrogens is 220 g/mol. The smallest absolute Gasteiger partial charge is 0.316 e. The molecule has 1 atom stereocenters. The van der Waals surface area contributed by atoms with Gasteiger partial charge in [-0.2, -0.15) is 12.6 Å². The van der Waals surface area contributed by atoms with Crippen LogP contribution in [0.5, 0.6) is 0 Å². The summed E-state index contributed by atoms with van der Waals surface area (Å²) in [6.07, 6.45) is 0.594. The number of rotatable bonds is 5. The molecule has 0 aromatic heterocycles. The maximum Gasteiger partial charge on any atom is 0.316 e. The third-order valence-electron chi connectivity index (χ3n) is 2.11. The van der Waals surface area contributed by atoms with Crippen molar-refractivity contribution in [2.45, 2.75) is 25.5 Å². The van der Waals surface area contributed by atoms with Crippen molar-refractivity contribution in [3.05, 3.63) is 0 Å². The average Bonchev–Trinajstić information content (AvgIpc) is 2.23. The summed E-state index contributed by atoms with van der Waals surface area (Å²) in [6, 6.07) is 0. The molecule has 0 saturated carbocycles. The fourth-order valence-electron chi connectivity index (χ4n) is 0.485. The summed E-state index contributed by atoms with van der Waals surface area (Å²) in [4.78, 5) is 9.62. The first kappa shape index (κ1) is 17.1. The van der Waals surface area contributed by atoms with Crippen molar-refractivity contribution in [1.29, 1.82) is 0 Å². The average molecular weight is 240 g/mol. The monoisotopic (exact) mass is 240 g/mol. The summed E-state index contributed by atoms with van der Waals surface area (Å²) in [6.45, 7) is 2.86. The Balaban J connectivity index is 0. The minimum absolute atomic E-state index is 0.156. The topological polar surface area (TPSA) is 98.0 Å². The highest BCUT2D eigenvalue weighted by molar-refractivity contribution is 7.81. The lowest BCUT2D eigenvalue weighted by molar-refractivity contribution is -0.136. The van der Waals surface area contributed by atoms with Gasteiger partial charge in [0.15, 0.2) is 0 Å². The second kappa shape index (κ2) is 8.96. The number of aliphatic hydroxyl groups excluding tert-OH is 3. The fraction of sp³-hybridized carbons (Fsp3) is 0.889. The SMILES string of the molecule is CC(S)C(=O)O.CCC(CO)(CO)CO. The molecule has 92 valence electrons. The van der Waals surface area contributed by atoms with Crippen molar-refractivity contribution in [3.63, 3.8) is 0 Å². The van der Waals surface area contributed by atoms with Crippen molar-refractivity contribution in [3.8, 4) is 0 Å². The van der Waals surface area contributed by atoms with E-state index in [2.05, 4.69) is 12.6 Å². The Morgan fingerprint density at radius 2 is 1.53 bits per heavy atom. The predicted octanol–water partition coefficient (Wildman–Crippen LogP) is -0.251. The summed E-state index contributed by atoms with van der Waals surface area (Å²) >= 11 is 3.59. The number of carboxylic acids is 1. The molecule has 6 heteroatoms. The largest absolute Gasteiger partial charge is 0.480 e. The van der Waals surface area contributed by atoms with Crippen LogP contribution in [0.1, 0.15) is 20.3 Å². The molecule has 0 aromatic rings. The van der Waals surface area contributed by atoms with Crippen LogP contribution in [0.2, 0.25) is 0 Å². The minimum Gasteiger partial charge on any atom is -0.480 e. The van der Waals surface area contributed by atoms with Gasteiger partial charge in [0.05, 0.1) is 25.1 Å². The molecule has 0 amide bonds. The van der Waals surface area contributed by atoms with Gasteiger partial charge >= 0.3 is 5.97 Å². The van der Waals surface area contributed by atoms with Crippen LogP contribution < -0.4 is 0 Å². The molecule has 0 saturated heterocycles. The summed E-state index contributed by atoms with van der Waals surface area (Å²) in [7, 11) is 0. The lowest BCUT2D eigenvalue weighted by Crippen LogP contribution is -2.32. The normalized spacial score (nSPS) is 12.7. The second-order valence-electron chi connectivity index (χ2n) is 3.34. The van der Waals surface area contributed by atoms with Crippen molar-refractivity contribution < 1.29 is 25.2 Å². The number of aliphatic carboxylic acids is 1.